The van der Waals surface area contributed by atoms with Gasteiger partial charge in [-0.05, 0) is 25.0 Å². The van der Waals surface area contributed by atoms with Crippen LogP contribution >= 0.6 is 7.87 Å². The van der Waals surface area contributed by atoms with Gasteiger partial charge in [0.15, 0.2) is 0 Å². The molecule has 1 aromatic rings. The molecule has 0 aliphatic carbocycles. The van der Waals surface area contributed by atoms with Crippen molar-refractivity contribution < 1.29 is 13.8 Å². The molecule has 0 bridgehead atoms. The molecule has 1 unspecified atom stereocenters. The van der Waals surface area contributed by atoms with E-state index < -0.39 is 7.87 Å². The standard InChI is InChI=1S/C11H13FNO2P/c12-9-3-1-5-11(7-9)16(14)13-6-2-4-10(13)8-15-16/h1,3,5,7,10H,2,4,6,8H2/t10-,16?/m0/s1. The molecule has 5 heteroatoms. The van der Waals surface area contributed by atoms with Crippen LogP contribution in [0.2, 0.25) is 0 Å². The predicted octanol–water partition coefficient (Wildman–Crippen LogP) is 1.07. The van der Waals surface area contributed by atoms with E-state index in [-0.39, 0.29) is 11.9 Å². The van der Waals surface area contributed by atoms with Crippen LogP contribution in [0, 0.1) is 5.82 Å². The van der Waals surface area contributed by atoms with Gasteiger partial charge in [0.25, 0.3) is 0 Å². The van der Waals surface area contributed by atoms with E-state index in [1.54, 1.807) is 12.1 Å². The Morgan fingerprint density at radius 2 is 2.38 bits per heavy atom. The predicted molar refractivity (Wildman–Crippen MR) is 58.6 cm³/mol. The SMILES string of the molecule is [O-][P+]1(c2cccc(F)c2)OC[C@@H]2CCCN21. The first kappa shape index (κ1) is 10.6. The van der Waals surface area contributed by atoms with Crippen LogP contribution in [0.1, 0.15) is 12.8 Å². The second-order valence-electron chi connectivity index (χ2n) is 4.26. The minimum absolute atomic E-state index is 0.258. The van der Waals surface area contributed by atoms with Crippen molar-refractivity contribution in [3.8, 4) is 0 Å². The van der Waals surface area contributed by atoms with Crippen molar-refractivity contribution >= 4 is 13.2 Å². The van der Waals surface area contributed by atoms with Gasteiger partial charge in [0, 0.05) is 12.6 Å². The summed E-state index contributed by atoms with van der Waals surface area (Å²) in [5, 5.41) is 0.483. The Balaban J connectivity index is 1.99. The first-order chi connectivity index (χ1) is 7.70. The maximum absolute atomic E-state index is 13.1. The third-order valence-corrected chi connectivity index (χ3v) is 5.89. The van der Waals surface area contributed by atoms with E-state index in [9.17, 15) is 9.28 Å². The van der Waals surface area contributed by atoms with Crippen LogP contribution in [-0.2, 0) is 4.52 Å². The first-order valence-corrected chi connectivity index (χ1v) is 7.06. The molecule has 16 heavy (non-hydrogen) atoms. The maximum atomic E-state index is 13.1. The summed E-state index contributed by atoms with van der Waals surface area (Å²) < 4.78 is 20.5. The minimum Gasteiger partial charge on any atom is -0.637 e. The monoisotopic (exact) mass is 241 g/mol. The quantitative estimate of drug-likeness (QED) is 0.690. The van der Waals surface area contributed by atoms with Gasteiger partial charge in [0.2, 0.25) is 7.87 Å². The lowest BCUT2D eigenvalue weighted by atomic mass is 10.2. The van der Waals surface area contributed by atoms with E-state index in [0.29, 0.717) is 11.9 Å². The summed E-state index contributed by atoms with van der Waals surface area (Å²) in [5.74, 6) is -0.362. The molecule has 3 rings (SSSR count). The summed E-state index contributed by atoms with van der Waals surface area (Å²) in [4.78, 5) is 12.7. The summed E-state index contributed by atoms with van der Waals surface area (Å²) in [7, 11) is -2.96. The Morgan fingerprint density at radius 1 is 1.50 bits per heavy atom. The molecule has 2 heterocycles. The highest BCUT2D eigenvalue weighted by atomic mass is 31.2. The van der Waals surface area contributed by atoms with E-state index >= 15 is 0 Å². The normalized spacial score (nSPS) is 34.2. The van der Waals surface area contributed by atoms with Crippen molar-refractivity contribution in [1.82, 2.24) is 4.67 Å². The van der Waals surface area contributed by atoms with Gasteiger partial charge in [0.05, 0.1) is 6.04 Å². The van der Waals surface area contributed by atoms with Crippen molar-refractivity contribution in [2.45, 2.75) is 18.9 Å². The summed E-state index contributed by atoms with van der Waals surface area (Å²) in [6.45, 7) is 1.30. The smallest absolute Gasteiger partial charge is 0.208 e. The van der Waals surface area contributed by atoms with Gasteiger partial charge in [-0.3, -0.25) is 0 Å². The molecule has 2 aliphatic heterocycles. The molecule has 0 aromatic heterocycles. The highest BCUT2D eigenvalue weighted by Gasteiger charge is 2.52. The van der Waals surface area contributed by atoms with Crippen molar-refractivity contribution in [2.75, 3.05) is 13.2 Å². The van der Waals surface area contributed by atoms with Gasteiger partial charge >= 0.3 is 0 Å². The van der Waals surface area contributed by atoms with Gasteiger partial charge < -0.3 is 4.89 Å². The third kappa shape index (κ3) is 1.49. The van der Waals surface area contributed by atoms with Crippen LogP contribution in [0.5, 0.6) is 0 Å². The van der Waals surface area contributed by atoms with Crippen LogP contribution in [0.3, 0.4) is 0 Å². The Morgan fingerprint density at radius 3 is 3.19 bits per heavy atom. The summed E-state index contributed by atoms with van der Waals surface area (Å²) in [5.41, 5.74) is 0. The van der Waals surface area contributed by atoms with E-state index in [1.165, 1.54) is 12.1 Å². The summed E-state index contributed by atoms with van der Waals surface area (Å²) in [6.07, 6.45) is 2.08. The molecule has 2 fully saturated rings. The topological polar surface area (TPSA) is 35.5 Å². The van der Waals surface area contributed by atoms with E-state index in [1.807, 2.05) is 4.67 Å². The molecule has 2 saturated heterocycles. The number of hydrogen-bond acceptors (Lipinski definition) is 3. The first-order valence-electron chi connectivity index (χ1n) is 5.48. The lowest BCUT2D eigenvalue weighted by Gasteiger charge is -2.30. The molecular weight excluding hydrogens is 228 g/mol. The van der Waals surface area contributed by atoms with Crippen molar-refractivity contribution in [2.24, 2.45) is 0 Å². The molecule has 3 nitrogen and oxygen atoms in total. The lowest BCUT2D eigenvalue weighted by molar-refractivity contribution is -0.194. The molecule has 0 spiro atoms. The average Bonchev–Trinajstić information content (AvgIpc) is 2.84. The number of nitrogens with zero attached hydrogens (tertiary/aromatic N) is 1. The molecule has 2 aliphatic rings. The number of halogens is 1. The van der Waals surface area contributed by atoms with Crippen LogP contribution < -0.4 is 10.2 Å². The summed E-state index contributed by atoms with van der Waals surface area (Å²) in [6, 6.07) is 6.20. The fourth-order valence-electron chi connectivity index (χ4n) is 2.47. The Hall–Kier alpha value is -0.540. The van der Waals surface area contributed by atoms with Gasteiger partial charge in [-0.2, -0.15) is 0 Å². The largest absolute Gasteiger partial charge is 0.637 e. The van der Waals surface area contributed by atoms with Crippen molar-refractivity contribution in [1.29, 1.82) is 0 Å². The molecule has 0 saturated carbocycles. The second kappa shape index (κ2) is 3.74. The lowest BCUT2D eigenvalue weighted by Crippen LogP contribution is -2.35. The molecule has 1 aromatic carbocycles. The van der Waals surface area contributed by atoms with Crippen LogP contribution in [0.25, 0.3) is 0 Å². The van der Waals surface area contributed by atoms with E-state index in [4.69, 9.17) is 4.52 Å². The third-order valence-electron chi connectivity index (χ3n) is 3.26. The Kier molecular flexibility index (Phi) is 2.48. The molecular formula is C11H13FNO2P. The average molecular weight is 241 g/mol. The fourth-order valence-corrected chi connectivity index (χ4v) is 5.02. The van der Waals surface area contributed by atoms with Crippen LogP contribution in [0.15, 0.2) is 24.3 Å². The molecule has 0 N–H and O–H groups in total. The number of benzene rings is 1. The van der Waals surface area contributed by atoms with Gasteiger partial charge in [-0.1, -0.05) is 6.07 Å². The molecule has 0 radical (unpaired) electrons. The van der Waals surface area contributed by atoms with Crippen LogP contribution in [0.4, 0.5) is 4.39 Å². The van der Waals surface area contributed by atoms with Crippen molar-refractivity contribution in [3.63, 3.8) is 0 Å². The Labute approximate surface area is 94.4 Å². The van der Waals surface area contributed by atoms with Crippen molar-refractivity contribution in [3.05, 3.63) is 30.1 Å². The molecule has 86 valence electrons. The highest BCUT2D eigenvalue weighted by Crippen LogP contribution is 2.61. The maximum Gasteiger partial charge on any atom is 0.208 e. The molecule has 0 amide bonds. The van der Waals surface area contributed by atoms with Gasteiger partial charge in [0.1, 0.15) is 17.7 Å². The number of rotatable bonds is 1. The van der Waals surface area contributed by atoms with E-state index in [0.717, 1.165) is 19.4 Å². The zero-order valence-corrected chi connectivity index (χ0v) is 9.70. The van der Waals surface area contributed by atoms with Crippen LogP contribution in [-0.4, -0.2) is 23.9 Å². The van der Waals surface area contributed by atoms with E-state index in [2.05, 4.69) is 0 Å². The fraction of sp³-hybridized carbons (Fsp3) is 0.455. The number of hydrogen-bond donors (Lipinski definition) is 0. The molecule has 2 atom stereocenters. The zero-order chi connectivity index (χ0) is 11.2. The minimum atomic E-state index is -2.96. The Bertz CT molecular complexity index is 417. The second-order valence-corrected chi connectivity index (χ2v) is 6.58. The van der Waals surface area contributed by atoms with Gasteiger partial charge in [-0.25, -0.2) is 8.91 Å². The highest BCUT2D eigenvalue weighted by molar-refractivity contribution is 7.69. The number of fused-ring (bicyclic) bond motifs is 1. The van der Waals surface area contributed by atoms with Gasteiger partial charge in [-0.15, -0.1) is 4.67 Å². The summed E-state index contributed by atoms with van der Waals surface area (Å²) >= 11 is 0. The zero-order valence-electron chi connectivity index (χ0n) is 8.80.